The highest BCUT2D eigenvalue weighted by Gasteiger charge is 2.26. The van der Waals surface area contributed by atoms with E-state index >= 15 is 0 Å². The Kier molecular flexibility index (Phi) is 7.04. The van der Waals surface area contributed by atoms with Crippen LogP contribution in [0.5, 0.6) is 0 Å². The molecule has 1 aliphatic heterocycles. The van der Waals surface area contributed by atoms with Gasteiger partial charge in [-0.3, -0.25) is 4.79 Å². The van der Waals surface area contributed by atoms with Gasteiger partial charge in [0.2, 0.25) is 15.9 Å². The molecule has 3 aromatic rings. The van der Waals surface area contributed by atoms with Gasteiger partial charge in [-0.2, -0.15) is 9.41 Å². The lowest BCUT2D eigenvalue weighted by molar-refractivity contribution is -0.121. The van der Waals surface area contributed by atoms with Crippen LogP contribution in [0.4, 0.5) is 0 Å². The Balaban J connectivity index is 1.30. The van der Waals surface area contributed by atoms with Crippen molar-refractivity contribution in [3.63, 3.8) is 0 Å². The fourth-order valence-corrected chi connectivity index (χ4v) is 5.24. The first-order valence-corrected chi connectivity index (χ1v) is 12.4. The molecule has 0 radical (unpaired) electrons. The van der Waals surface area contributed by atoms with Crippen molar-refractivity contribution in [1.82, 2.24) is 14.7 Å². The van der Waals surface area contributed by atoms with E-state index in [0.717, 1.165) is 26.5 Å². The summed E-state index contributed by atoms with van der Waals surface area (Å²) >= 11 is 3.45. The Morgan fingerprint density at radius 3 is 2.69 bits per heavy atom. The number of aromatic nitrogens is 1. The summed E-state index contributed by atoms with van der Waals surface area (Å²) in [5.74, 6) is -0.215. The van der Waals surface area contributed by atoms with Crippen LogP contribution < -0.4 is 5.43 Å². The molecule has 0 spiro atoms. The highest BCUT2D eigenvalue weighted by Crippen LogP contribution is 2.21. The number of H-pyrrole nitrogens is 1. The number of carbonyl (C=O) groups is 1. The second-order valence-electron chi connectivity index (χ2n) is 7.39. The number of aryl methyl sites for hydroxylation is 1. The van der Waals surface area contributed by atoms with E-state index in [1.54, 1.807) is 30.5 Å². The number of rotatable bonds is 7. The fourth-order valence-electron chi connectivity index (χ4n) is 3.47. The lowest BCUT2D eigenvalue weighted by Crippen LogP contribution is -2.40. The largest absolute Gasteiger partial charge is 0.379 e. The minimum atomic E-state index is -3.51. The summed E-state index contributed by atoms with van der Waals surface area (Å²) in [5.41, 5.74) is 5.28. The van der Waals surface area contributed by atoms with Gasteiger partial charge in [0.25, 0.3) is 0 Å². The smallest absolute Gasteiger partial charge is 0.243 e. The molecule has 0 unspecified atom stereocenters. The Hall–Kier alpha value is -2.53. The van der Waals surface area contributed by atoms with Crippen molar-refractivity contribution in [2.45, 2.75) is 17.7 Å². The minimum absolute atomic E-state index is 0.215. The van der Waals surface area contributed by atoms with Crippen molar-refractivity contribution in [3.8, 4) is 0 Å². The van der Waals surface area contributed by atoms with Crippen molar-refractivity contribution in [2.75, 3.05) is 26.3 Å². The summed E-state index contributed by atoms with van der Waals surface area (Å²) in [6.45, 7) is 1.54. The number of halogens is 1. The molecule has 8 nitrogen and oxygen atoms in total. The van der Waals surface area contributed by atoms with E-state index in [1.165, 1.54) is 4.31 Å². The van der Waals surface area contributed by atoms with E-state index in [2.05, 4.69) is 31.4 Å². The van der Waals surface area contributed by atoms with Gasteiger partial charge in [-0.1, -0.05) is 28.1 Å². The first kappa shape index (κ1) is 22.7. The first-order valence-electron chi connectivity index (χ1n) is 10.2. The van der Waals surface area contributed by atoms with Crippen LogP contribution in [-0.2, 0) is 26.0 Å². The molecule has 1 fully saturated rings. The number of fused-ring (bicyclic) bond motifs is 1. The number of nitrogens with zero attached hydrogens (tertiary/aromatic N) is 2. The molecule has 32 heavy (non-hydrogen) atoms. The summed E-state index contributed by atoms with van der Waals surface area (Å²) in [7, 11) is -3.51. The van der Waals surface area contributed by atoms with Gasteiger partial charge in [-0.05, 0) is 42.3 Å². The van der Waals surface area contributed by atoms with Gasteiger partial charge in [0.1, 0.15) is 0 Å². The van der Waals surface area contributed by atoms with Crippen LogP contribution in [0.3, 0.4) is 0 Å². The summed E-state index contributed by atoms with van der Waals surface area (Å²) in [6, 6.07) is 12.6. The third-order valence-electron chi connectivity index (χ3n) is 5.24. The van der Waals surface area contributed by atoms with E-state index in [4.69, 9.17) is 4.74 Å². The lowest BCUT2D eigenvalue weighted by atomic mass is 10.1. The maximum absolute atomic E-state index is 12.7. The Bertz CT molecular complexity index is 1230. The molecule has 1 saturated heterocycles. The number of sulfonamides is 1. The molecular formula is C22H23BrN4O4S. The molecule has 2 N–H and O–H groups in total. The van der Waals surface area contributed by atoms with Crippen molar-refractivity contribution >= 4 is 49.0 Å². The topological polar surface area (TPSA) is 104 Å². The van der Waals surface area contributed by atoms with Gasteiger partial charge in [-0.25, -0.2) is 13.8 Å². The van der Waals surface area contributed by atoms with E-state index < -0.39 is 10.0 Å². The SMILES string of the molecule is O=C(CCc1ccc(S(=O)(=O)N2CCOCC2)cc1)N/N=C/c1c[nH]c2ccc(Br)cc12. The summed E-state index contributed by atoms with van der Waals surface area (Å²) in [5, 5.41) is 5.05. The van der Waals surface area contributed by atoms with Crippen LogP contribution in [0, 0.1) is 0 Å². The molecule has 2 aromatic carbocycles. The number of aromatic amines is 1. The van der Waals surface area contributed by atoms with E-state index in [0.29, 0.717) is 32.7 Å². The number of ether oxygens (including phenoxy) is 1. The highest BCUT2D eigenvalue weighted by molar-refractivity contribution is 9.10. The maximum Gasteiger partial charge on any atom is 0.243 e. The van der Waals surface area contributed by atoms with Crippen LogP contribution in [-0.4, -0.2) is 56.1 Å². The molecule has 1 aromatic heterocycles. The Labute approximate surface area is 194 Å². The van der Waals surface area contributed by atoms with Crippen molar-refractivity contribution in [2.24, 2.45) is 5.10 Å². The zero-order valence-electron chi connectivity index (χ0n) is 17.3. The summed E-state index contributed by atoms with van der Waals surface area (Å²) < 4.78 is 33.0. The number of amides is 1. The second-order valence-corrected chi connectivity index (χ2v) is 10.2. The third-order valence-corrected chi connectivity index (χ3v) is 7.65. The number of carbonyl (C=O) groups excluding carboxylic acids is 1. The van der Waals surface area contributed by atoms with Gasteiger partial charge < -0.3 is 9.72 Å². The average molecular weight is 519 g/mol. The van der Waals surface area contributed by atoms with Crippen LogP contribution >= 0.6 is 15.9 Å². The first-order chi connectivity index (χ1) is 15.4. The van der Waals surface area contributed by atoms with E-state index in [1.807, 2.05) is 24.4 Å². The number of benzene rings is 2. The molecule has 0 atom stereocenters. The highest BCUT2D eigenvalue weighted by atomic mass is 79.9. The molecule has 2 heterocycles. The van der Waals surface area contributed by atoms with Crippen LogP contribution in [0.2, 0.25) is 0 Å². The van der Waals surface area contributed by atoms with Gasteiger partial charge in [0.05, 0.1) is 24.3 Å². The molecule has 0 bridgehead atoms. The second kappa shape index (κ2) is 9.95. The molecule has 0 saturated carbocycles. The van der Waals surface area contributed by atoms with Gasteiger partial charge in [0, 0.05) is 46.6 Å². The molecule has 1 amide bonds. The zero-order valence-corrected chi connectivity index (χ0v) is 19.7. The minimum Gasteiger partial charge on any atom is -0.379 e. The molecule has 4 rings (SSSR count). The normalized spacial score (nSPS) is 15.4. The van der Waals surface area contributed by atoms with Gasteiger partial charge in [0.15, 0.2) is 0 Å². The predicted molar refractivity (Wildman–Crippen MR) is 126 cm³/mol. The molecule has 0 aliphatic carbocycles. The zero-order chi connectivity index (χ0) is 22.6. The van der Waals surface area contributed by atoms with Gasteiger partial charge >= 0.3 is 0 Å². The van der Waals surface area contributed by atoms with Crippen molar-refractivity contribution < 1.29 is 17.9 Å². The number of hydrogen-bond donors (Lipinski definition) is 2. The lowest BCUT2D eigenvalue weighted by Gasteiger charge is -2.26. The number of morpholine rings is 1. The summed E-state index contributed by atoms with van der Waals surface area (Å²) in [6.07, 6.45) is 4.17. The molecule has 168 valence electrons. The average Bonchev–Trinajstić information content (AvgIpc) is 3.20. The van der Waals surface area contributed by atoms with Crippen LogP contribution in [0.1, 0.15) is 17.5 Å². The van der Waals surface area contributed by atoms with Crippen LogP contribution in [0.15, 0.2) is 63.1 Å². The fraction of sp³-hybridized carbons (Fsp3) is 0.273. The monoisotopic (exact) mass is 518 g/mol. The molecular weight excluding hydrogens is 496 g/mol. The maximum atomic E-state index is 12.7. The predicted octanol–water partition coefficient (Wildman–Crippen LogP) is 3.03. The van der Waals surface area contributed by atoms with E-state index in [9.17, 15) is 13.2 Å². The van der Waals surface area contributed by atoms with Crippen molar-refractivity contribution in [1.29, 1.82) is 0 Å². The number of hydrogen-bond acceptors (Lipinski definition) is 5. The van der Waals surface area contributed by atoms with Crippen molar-refractivity contribution in [3.05, 3.63) is 64.3 Å². The number of nitrogens with one attached hydrogen (secondary N) is 2. The molecule has 10 heteroatoms. The Morgan fingerprint density at radius 1 is 1.19 bits per heavy atom. The third kappa shape index (κ3) is 5.26. The standard InChI is InChI=1S/C22H23BrN4O4S/c23-18-4-7-21-20(13-18)17(14-24-21)15-25-26-22(28)8-3-16-1-5-19(6-2-16)32(29,30)27-9-11-31-12-10-27/h1-2,4-7,13-15,24H,3,8-12H2,(H,26,28)/b25-15+. The van der Waals surface area contributed by atoms with E-state index in [-0.39, 0.29) is 17.2 Å². The number of hydrazone groups is 1. The van der Waals surface area contributed by atoms with Crippen LogP contribution in [0.25, 0.3) is 10.9 Å². The van der Waals surface area contributed by atoms with Gasteiger partial charge in [-0.15, -0.1) is 0 Å². The quantitative estimate of drug-likeness (QED) is 0.370. The molecule has 1 aliphatic rings. The Morgan fingerprint density at radius 2 is 1.94 bits per heavy atom. The summed E-state index contributed by atoms with van der Waals surface area (Å²) in [4.78, 5) is 15.6.